The Labute approximate surface area is 194 Å². The summed E-state index contributed by atoms with van der Waals surface area (Å²) in [6.07, 6.45) is 13.8. The number of fused-ring (bicyclic) bond motifs is 1. The van der Waals surface area contributed by atoms with Crippen LogP contribution in [-0.4, -0.2) is 66.1 Å². The zero-order valence-corrected chi connectivity index (χ0v) is 19.2. The molecule has 0 aliphatic heterocycles. The third-order valence-corrected chi connectivity index (χ3v) is 6.27. The molecule has 0 unspecified atom stereocenters. The minimum atomic E-state index is -0.982. The fourth-order valence-corrected chi connectivity index (χ4v) is 4.88. The zero-order chi connectivity index (χ0) is 19.2. The predicted octanol–water partition coefficient (Wildman–Crippen LogP) is 2.75. The van der Waals surface area contributed by atoms with Crippen molar-refractivity contribution in [3.63, 3.8) is 0 Å². The van der Waals surface area contributed by atoms with Gasteiger partial charge in [-0.2, -0.15) is 0 Å². The van der Waals surface area contributed by atoms with Crippen molar-refractivity contribution in [1.29, 1.82) is 0 Å². The van der Waals surface area contributed by atoms with Gasteiger partial charge in [-0.15, -0.1) is 0 Å². The summed E-state index contributed by atoms with van der Waals surface area (Å²) in [4.78, 5) is 10.5. The molecule has 0 amide bonds. The molecule has 27 heavy (non-hydrogen) atoms. The molecule has 2 rings (SSSR count). The largest absolute Gasteiger partial charge is 2.00 e. The summed E-state index contributed by atoms with van der Waals surface area (Å²) in [5, 5.41) is 31.2. The van der Waals surface area contributed by atoms with E-state index >= 15 is 0 Å². The number of unbranched alkanes of at least 4 members (excludes halogenated alkanes) is 3. The first-order valence-corrected chi connectivity index (χ1v) is 10.3. The Hall–Kier alpha value is 0.130. The van der Waals surface area contributed by atoms with Gasteiger partial charge >= 0.3 is 37.7 Å². The molecular weight excluding hydrogens is 368 g/mol. The molecule has 0 saturated heterocycles. The van der Waals surface area contributed by atoms with Gasteiger partial charge in [-0.25, -0.2) is 0 Å². The molecular formula is C22H35CaO4+. The van der Waals surface area contributed by atoms with Crippen LogP contribution < -0.4 is 5.11 Å². The van der Waals surface area contributed by atoms with E-state index in [1.54, 1.807) is 0 Å². The van der Waals surface area contributed by atoms with E-state index in [2.05, 4.69) is 26.0 Å². The van der Waals surface area contributed by atoms with Gasteiger partial charge in [-0.3, -0.25) is 0 Å². The third-order valence-electron chi connectivity index (χ3n) is 6.27. The molecule has 4 nitrogen and oxygen atoms in total. The number of aliphatic hydroxyl groups excluding tert-OH is 2. The Morgan fingerprint density at radius 2 is 2.11 bits per heavy atom. The molecule has 0 spiro atoms. The number of carbonyl (C=O) groups excluding carboxylic acids is 1. The summed E-state index contributed by atoms with van der Waals surface area (Å²) in [7, 11) is 0. The molecule has 2 saturated carbocycles. The number of aliphatic carboxylic acids is 1. The van der Waals surface area contributed by atoms with Gasteiger partial charge in [0.1, 0.15) is 0 Å². The van der Waals surface area contributed by atoms with Gasteiger partial charge in [0, 0.05) is 11.9 Å². The van der Waals surface area contributed by atoms with E-state index in [9.17, 15) is 20.1 Å². The van der Waals surface area contributed by atoms with E-state index in [1.807, 2.05) is 6.08 Å². The molecule has 0 aromatic carbocycles. The number of carboxylic acids is 1. The topological polar surface area (TPSA) is 80.6 Å². The average Bonchev–Trinajstić information content (AvgIpc) is 2.99. The molecule has 2 fully saturated rings. The number of carbonyl (C=O) groups is 1. The number of aliphatic hydroxyl groups is 2. The minimum Gasteiger partial charge on any atom is -0.550 e. The van der Waals surface area contributed by atoms with Crippen LogP contribution in [-0.2, 0) is 4.79 Å². The van der Waals surface area contributed by atoms with Gasteiger partial charge < -0.3 is 20.1 Å². The van der Waals surface area contributed by atoms with Crippen molar-refractivity contribution in [1.82, 2.24) is 0 Å². The molecule has 0 radical (unpaired) electrons. The first-order valence-electron chi connectivity index (χ1n) is 10.3. The van der Waals surface area contributed by atoms with E-state index < -0.39 is 12.1 Å². The van der Waals surface area contributed by atoms with Gasteiger partial charge in [0.2, 0.25) is 0 Å². The van der Waals surface area contributed by atoms with Crippen LogP contribution in [0.4, 0.5) is 0 Å². The molecule has 2 aliphatic rings. The molecule has 5 atom stereocenters. The maximum atomic E-state index is 10.5. The Morgan fingerprint density at radius 3 is 2.78 bits per heavy atom. The second-order valence-corrected chi connectivity index (χ2v) is 8.56. The van der Waals surface area contributed by atoms with Crippen LogP contribution in [0.25, 0.3) is 0 Å². The molecule has 2 N–H and O–H groups in total. The fraction of sp³-hybridized carbons (Fsp3) is 0.773. The number of hydrogen-bond acceptors (Lipinski definition) is 4. The number of rotatable bonds is 10. The van der Waals surface area contributed by atoms with Crippen molar-refractivity contribution in [2.24, 2.45) is 17.3 Å². The Kier molecular flexibility index (Phi) is 11.2. The van der Waals surface area contributed by atoms with Crippen LogP contribution in [0.5, 0.6) is 0 Å². The Morgan fingerprint density at radius 1 is 1.37 bits per heavy atom. The first-order chi connectivity index (χ1) is 12.4. The molecule has 2 aliphatic carbocycles. The van der Waals surface area contributed by atoms with Crippen LogP contribution in [0.1, 0.15) is 78.1 Å². The first kappa shape index (κ1) is 25.2. The van der Waals surface area contributed by atoms with Gasteiger partial charge in [-0.05, 0) is 56.3 Å². The smallest absolute Gasteiger partial charge is 0.550 e. The third kappa shape index (κ3) is 7.47. The summed E-state index contributed by atoms with van der Waals surface area (Å²) in [5.74, 6) is -0.469. The number of allylic oxidation sites excluding steroid dienone is 2. The van der Waals surface area contributed by atoms with Crippen LogP contribution >= 0.6 is 0 Å². The fourth-order valence-electron chi connectivity index (χ4n) is 4.88. The predicted molar refractivity (Wildman–Crippen MR) is 107 cm³/mol. The van der Waals surface area contributed by atoms with Crippen molar-refractivity contribution in [2.75, 3.05) is 0 Å². The van der Waals surface area contributed by atoms with Crippen LogP contribution in [0.2, 0.25) is 0 Å². The second kappa shape index (κ2) is 12.0. The average molecular weight is 404 g/mol. The van der Waals surface area contributed by atoms with Gasteiger partial charge in [0.25, 0.3) is 0 Å². The second-order valence-electron chi connectivity index (χ2n) is 8.56. The van der Waals surface area contributed by atoms with Gasteiger partial charge in [0.15, 0.2) is 0 Å². The summed E-state index contributed by atoms with van der Waals surface area (Å²) in [6.45, 7) is 4.41. The molecule has 5 heteroatoms. The van der Waals surface area contributed by atoms with Crippen LogP contribution in [0.3, 0.4) is 0 Å². The minimum absolute atomic E-state index is 0. The van der Waals surface area contributed by atoms with Crippen molar-refractivity contribution in [2.45, 2.75) is 90.3 Å². The maximum Gasteiger partial charge on any atom is 2.00 e. The molecule has 0 aromatic heterocycles. The number of carboxylic acid groups (broad SMARTS) is 1. The van der Waals surface area contributed by atoms with E-state index in [0.717, 1.165) is 51.4 Å². The van der Waals surface area contributed by atoms with Crippen LogP contribution in [0.15, 0.2) is 23.8 Å². The molecule has 0 aromatic rings. The Balaban J connectivity index is 0.00000364. The molecule has 0 heterocycles. The summed E-state index contributed by atoms with van der Waals surface area (Å²) < 4.78 is 0. The van der Waals surface area contributed by atoms with Crippen molar-refractivity contribution < 1.29 is 20.1 Å². The SMILES string of the molecule is CCCCC[C@H](O)/C=C/[C@H]1[C@H](O)C[C@]2(C)C/C(=C\CCCC(=O)[O-])C[C@H]12.[Ca+2]. The summed E-state index contributed by atoms with van der Waals surface area (Å²) in [5.41, 5.74) is 1.51. The van der Waals surface area contributed by atoms with E-state index in [-0.39, 0.29) is 61.6 Å². The standard InChI is InChI=1S/C22H36O4.Ca/c1-3-4-5-9-17(23)11-12-18-19-13-16(8-6-7-10-21(25)26)14-22(19,2)15-20(18)24;/h8,11-12,17-20,23-24H,3-7,9-10,13-15H2,1-2H3,(H,25,26);/q;+2/p-1/b12-11+,16-8-;/t17-,18+,19+,20+,22-;/m0./s1. The molecule has 148 valence electrons. The zero-order valence-electron chi connectivity index (χ0n) is 17.0. The van der Waals surface area contributed by atoms with Crippen molar-refractivity contribution in [3.05, 3.63) is 23.8 Å². The van der Waals surface area contributed by atoms with Crippen molar-refractivity contribution >= 4 is 43.7 Å². The summed E-state index contributed by atoms with van der Waals surface area (Å²) >= 11 is 0. The van der Waals surface area contributed by atoms with Gasteiger partial charge in [0.05, 0.1) is 12.2 Å². The van der Waals surface area contributed by atoms with Gasteiger partial charge in [-0.1, -0.05) is 56.9 Å². The normalized spacial score (nSPS) is 32.6. The maximum absolute atomic E-state index is 10.5. The van der Waals surface area contributed by atoms with E-state index in [0.29, 0.717) is 12.3 Å². The van der Waals surface area contributed by atoms with Crippen LogP contribution in [0, 0.1) is 17.3 Å². The quantitative estimate of drug-likeness (QED) is 0.334. The van der Waals surface area contributed by atoms with E-state index in [1.165, 1.54) is 5.57 Å². The monoisotopic (exact) mass is 403 g/mol. The summed E-state index contributed by atoms with van der Waals surface area (Å²) in [6, 6.07) is 0. The Bertz CT molecular complexity index is 530. The van der Waals surface area contributed by atoms with Crippen molar-refractivity contribution in [3.8, 4) is 0 Å². The number of hydrogen-bond donors (Lipinski definition) is 2. The van der Waals surface area contributed by atoms with E-state index in [4.69, 9.17) is 0 Å². The molecule has 0 bridgehead atoms.